The Morgan fingerprint density at radius 1 is 1.65 bits per heavy atom. The van der Waals surface area contributed by atoms with E-state index in [0.29, 0.717) is 12.6 Å². The van der Waals surface area contributed by atoms with Gasteiger partial charge in [-0.25, -0.2) is 0 Å². The molecule has 4 nitrogen and oxygen atoms in total. The largest absolute Gasteiger partial charge is 0.468 e. The van der Waals surface area contributed by atoms with E-state index in [-0.39, 0.29) is 5.97 Å². The van der Waals surface area contributed by atoms with E-state index in [1.807, 2.05) is 0 Å². The molecule has 2 heterocycles. The number of hydrogen-bond donors (Lipinski definition) is 1. The van der Waals surface area contributed by atoms with Crippen molar-refractivity contribution >= 4 is 5.97 Å². The van der Waals surface area contributed by atoms with Crippen LogP contribution in [-0.4, -0.2) is 49.2 Å². The minimum atomic E-state index is -0.492. The zero-order valence-corrected chi connectivity index (χ0v) is 10.6. The van der Waals surface area contributed by atoms with Crippen molar-refractivity contribution in [2.45, 2.75) is 37.3 Å². The lowest BCUT2D eigenvalue weighted by atomic mass is 9.83. The molecule has 0 aromatic carbocycles. The summed E-state index contributed by atoms with van der Waals surface area (Å²) in [6.07, 6.45) is 5.96. The van der Waals surface area contributed by atoms with E-state index >= 15 is 0 Å². The molecule has 0 aromatic rings. The van der Waals surface area contributed by atoms with Crippen LogP contribution in [0.15, 0.2) is 12.7 Å². The Morgan fingerprint density at radius 3 is 3.18 bits per heavy atom. The van der Waals surface area contributed by atoms with E-state index < -0.39 is 5.54 Å². The summed E-state index contributed by atoms with van der Waals surface area (Å²) >= 11 is 0. The van der Waals surface area contributed by atoms with Gasteiger partial charge in [0, 0.05) is 19.1 Å². The summed E-state index contributed by atoms with van der Waals surface area (Å²) in [5, 5.41) is 3.33. The van der Waals surface area contributed by atoms with Crippen molar-refractivity contribution in [1.82, 2.24) is 10.2 Å². The maximum absolute atomic E-state index is 12.0. The molecule has 0 spiro atoms. The van der Waals surface area contributed by atoms with Crippen molar-refractivity contribution in [3.05, 3.63) is 12.7 Å². The van der Waals surface area contributed by atoms with Crippen molar-refractivity contribution in [3.63, 3.8) is 0 Å². The second-order valence-corrected chi connectivity index (χ2v) is 5.03. The number of rotatable bonds is 4. The average Bonchev–Trinajstić information content (AvgIpc) is 2.82. The quantitative estimate of drug-likeness (QED) is 0.584. The fourth-order valence-corrected chi connectivity index (χ4v) is 3.14. The highest BCUT2D eigenvalue weighted by Crippen LogP contribution is 2.33. The van der Waals surface area contributed by atoms with Crippen LogP contribution in [0, 0.1) is 0 Å². The number of fused-ring (bicyclic) bond motifs is 1. The third kappa shape index (κ3) is 2.38. The summed E-state index contributed by atoms with van der Waals surface area (Å²) in [7, 11) is 1.47. The summed E-state index contributed by atoms with van der Waals surface area (Å²) in [6.45, 7) is 6.53. The van der Waals surface area contributed by atoms with E-state index in [1.54, 1.807) is 6.08 Å². The van der Waals surface area contributed by atoms with E-state index in [1.165, 1.54) is 26.5 Å². The molecule has 1 N–H and O–H groups in total. The van der Waals surface area contributed by atoms with Gasteiger partial charge in [-0.15, -0.1) is 6.58 Å². The zero-order chi connectivity index (χ0) is 12.3. The Morgan fingerprint density at radius 2 is 2.47 bits per heavy atom. The number of carbonyl (C=O) groups excluding carboxylic acids is 1. The molecule has 2 aliphatic rings. The molecule has 2 rings (SSSR count). The lowest BCUT2D eigenvalue weighted by Crippen LogP contribution is -2.60. The number of ether oxygens (including phenoxy) is 1. The first kappa shape index (κ1) is 12.6. The van der Waals surface area contributed by atoms with Gasteiger partial charge in [0.2, 0.25) is 0 Å². The molecule has 0 aliphatic carbocycles. The normalized spacial score (nSPS) is 33.1. The first-order chi connectivity index (χ1) is 8.22. The third-order valence-electron chi connectivity index (χ3n) is 4.07. The highest BCUT2D eigenvalue weighted by molar-refractivity contribution is 5.81. The molecule has 0 saturated carbocycles. The lowest BCUT2D eigenvalue weighted by Gasteiger charge is -2.42. The number of esters is 1. The number of carbonyl (C=O) groups is 1. The summed E-state index contributed by atoms with van der Waals surface area (Å²) < 4.78 is 4.98. The topological polar surface area (TPSA) is 41.6 Å². The molecule has 2 saturated heterocycles. The summed E-state index contributed by atoms with van der Waals surface area (Å²) in [6, 6.07) is 0.542. The van der Waals surface area contributed by atoms with Gasteiger partial charge in [0.1, 0.15) is 5.54 Å². The number of methoxy groups -OCH3 is 1. The summed E-state index contributed by atoms with van der Waals surface area (Å²) in [5.74, 6) is -0.120. The molecule has 0 radical (unpaired) electrons. The Balaban J connectivity index is 2.10. The van der Waals surface area contributed by atoms with Gasteiger partial charge < -0.3 is 9.64 Å². The summed E-state index contributed by atoms with van der Waals surface area (Å²) in [4.78, 5) is 14.5. The molecule has 2 fully saturated rings. The molecule has 2 atom stereocenters. The predicted octanol–water partition coefficient (Wildman–Crippen LogP) is 0.932. The zero-order valence-electron chi connectivity index (χ0n) is 10.6. The maximum atomic E-state index is 12.0. The van der Waals surface area contributed by atoms with Gasteiger partial charge in [0.15, 0.2) is 0 Å². The lowest BCUT2D eigenvalue weighted by molar-refractivity contribution is -0.151. The minimum Gasteiger partial charge on any atom is -0.468 e. The van der Waals surface area contributed by atoms with Gasteiger partial charge in [-0.05, 0) is 32.2 Å². The average molecular weight is 238 g/mol. The molecular weight excluding hydrogens is 216 g/mol. The Kier molecular flexibility index (Phi) is 3.84. The van der Waals surface area contributed by atoms with E-state index in [0.717, 1.165) is 19.4 Å². The van der Waals surface area contributed by atoms with Crippen molar-refractivity contribution in [3.8, 4) is 0 Å². The van der Waals surface area contributed by atoms with Gasteiger partial charge in [-0.2, -0.15) is 0 Å². The van der Waals surface area contributed by atoms with E-state index in [2.05, 4.69) is 16.8 Å². The fourth-order valence-electron chi connectivity index (χ4n) is 3.14. The second kappa shape index (κ2) is 5.19. The van der Waals surface area contributed by atoms with Crippen molar-refractivity contribution in [2.75, 3.05) is 26.7 Å². The molecule has 17 heavy (non-hydrogen) atoms. The Labute approximate surface area is 103 Å². The molecular formula is C13H22N2O2. The molecule has 96 valence electrons. The van der Waals surface area contributed by atoms with Crippen LogP contribution in [0.25, 0.3) is 0 Å². The molecule has 0 bridgehead atoms. The third-order valence-corrected chi connectivity index (χ3v) is 4.07. The number of piperidine rings is 1. The van der Waals surface area contributed by atoms with Gasteiger partial charge in [0.25, 0.3) is 0 Å². The minimum absolute atomic E-state index is 0.120. The van der Waals surface area contributed by atoms with Crippen LogP contribution in [-0.2, 0) is 9.53 Å². The molecule has 2 aliphatic heterocycles. The highest BCUT2D eigenvalue weighted by atomic mass is 16.5. The number of hydrogen-bond acceptors (Lipinski definition) is 4. The molecule has 2 unspecified atom stereocenters. The van der Waals surface area contributed by atoms with Crippen molar-refractivity contribution in [1.29, 1.82) is 0 Å². The number of nitrogens with zero attached hydrogens (tertiary/aromatic N) is 1. The van der Waals surface area contributed by atoms with Crippen molar-refractivity contribution < 1.29 is 9.53 Å². The van der Waals surface area contributed by atoms with Crippen LogP contribution in [0.1, 0.15) is 25.7 Å². The Hall–Kier alpha value is -0.870. The standard InChI is InChI=1S/C13H22N2O2/c1-3-7-14-13(12(16)17-2)6-9-15-8-4-5-11(15)10-13/h3,11,14H,1,4-10H2,2H3. The van der Waals surface area contributed by atoms with Crippen LogP contribution in [0.4, 0.5) is 0 Å². The Bertz CT molecular complexity index is 306. The summed E-state index contributed by atoms with van der Waals surface area (Å²) in [5.41, 5.74) is -0.492. The monoisotopic (exact) mass is 238 g/mol. The van der Waals surface area contributed by atoms with Crippen LogP contribution in [0.3, 0.4) is 0 Å². The predicted molar refractivity (Wildman–Crippen MR) is 66.8 cm³/mol. The van der Waals surface area contributed by atoms with Crippen LogP contribution in [0.2, 0.25) is 0 Å². The first-order valence-corrected chi connectivity index (χ1v) is 6.40. The van der Waals surface area contributed by atoms with E-state index in [9.17, 15) is 4.79 Å². The van der Waals surface area contributed by atoms with Crippen LogP contribution >= 0.6 is 0 Å². The molecule has 0 aromatic heterocycles. The number of nitrogens with one attached hydrogen (secondary N) is 1. The smallest absolute Gasteiger partial charge is 0.326 e. The van der Waals surface area contributed by atoms with Crippen molar-refractivity contribution in [2.24, 2.45) is 0 Å². The molecule has 4 heteroatoms. The maximum Gasteiger partial charge on any atom is 0.326 e. The first-order valence-electron chi connectivity index (χ1n) is 6.40. The van der Waals surface area contributed by atoms with Crippen LogP contribution < -0.4 is 5.32 Å². The van der Waals surface area contributed by atoms with E-state index in [4.69, 9.17) is 4.74 Å². The van der Waals surface area contributed by atoms with Crippen LogP contribution in [0.5, 0.6) is 0 Å². The highest BCUT2D eigenvalue weighted by Gasteiger charge is 2.46. The van der Waals surface area contributed by atoms with Gasteiger partial charge in [-0.1, -0.05) is 6.08 Å². The second-order valence-electron chi connectivity index (χ2n) is 5.03. The van der Waals surface area contributed by atoms with Gasteiger partial charge in [-0.3, -0.25) is 10.1 Å². The van der Waals surface area contributed by atoms with Gasteiger partial charge >= 0.3 is 5.97 Å². The molecule has 0 amide bonds. The van der Waals surface area contributed by atoms with Gasteiger partial charge in [0.05, 0.1) is 7.11 Å². The SMILES string of the molecule is C=CCNC1(C(=O)OC)CCN2CCCC2C1. The fraction of sp³-hybridized carbons (Fsp3) is 0.769.